The standard InChI is InChI=1S/C24H30N6O4S/c1-15(2)34-21-8-5-18(12-25-21)20-7-6-19(23(27-20)30-13-16(3)11-17(4)14-30)24(31)29-35(32,33)22-9-10-26-28-22/h5-10,12,15-17H,11,13-14H2,1-4H3,(H,26,28)(H,29,31)/t16-,17+. The predicted molar refractivity (Wildman–Crippen MR) is 132 cm³/mol. The van der Waals surface area contributed by atoms with Crippen molar-refractivity contribution in [2.45, 2.75) is 45.2 Å². The first-order chi connectivity index (χ1) is 16.6. The monoisotopic (exact) mass is 498 g/mol. The molecule has 4 heterocycles. The Labute approximate surface area is 205 Å². The Kier molecular flexibility index (Phi) is 7.06. The minimum atomic E-state index is -4.10. The van der Waals surface area contributed by atoms with Gasteiger partial charge in [0.15, 0.2) is 5.03 Å². The Balaban J connectivity index is 1.70. The lowest BCUT2D eigenvalue weighted by Gasteiger charge is -2.36. The van der Waals surface area contributed by atoms with Gasteiger partial charge < -0.3 is 9.64 Å². The van der Waals surface area contributed by atoms with Crippen LogP contribution in [-0.2, 0) is 10.0 Å². The lowest BCUT2D eigenvalue weighted by atomic mass is 9.91. The third-order valence-electron chi connectivity index (χ3n) is 5.67. The Morgan fingerprint density at radius 3 is 2.49 bits per heavy atom. The average Bonchev–Trinajstić information content (AvgIpc) is 3.34. The van der Waals surface area contributed by atoms with Gasteiger partial charge in [-0.25, -0.2) is 14.7 Å². The highest BCUT2D eigenvalue weighted by atomic mass is 32.2. The molecule has 3 aromatic rings. The molecule has 10 nitrogen and oxygen atoms in total. The molecule has 1 saturated heterocycles. The number of nitrogens with zero attached hydrogens (tertiary/aromatic N) is 4. The minimum Gasteiger partial charge on any atom is -0.475 e. The number of rotatable bonds is 7. The number of H-pyrrole nitrogens is 1. The molecule has 0 aliphatic carbocycles. The van der Waals surface area contributed by atoms with Crippen LogP contribution in [0.15, 0.2) is 47.8 Å². The number of pyridine rings is 2. The van der Waals surface area contributed by atoms with Crippen molar-refractivity contribution in [1.82, 2.24) is 24.9 Å². The summed E-state index contributed by atoms with van der Waals surface area (Å²) >= 11 is 0. The van der Waals surface area contributed by atoms with Crippen molar-refractivity contribution in [3.05, 3.63) is 48.3 Å². The summed E-state index contributed by atoms with van der Waals surface area (Å²) in [5.41, 5.74) is 1.57. The van der Waals surface area contributed by atoms with Gasteiger partial charge in [-0.1, -0.05) is 13.8 Å². The molecule has 1 fully saturated rings. The van der Waals surface area contributed by atoms with E-state index in [0.29, 0.717) is 42.3 Å². The number of piperidine rings is 1. The number of amides is 1. The van der Waals surface area contributed by atoms with Gasteiger partial charge in [0.2, 0.25) is 5.88 Å². The molecular formula is C24H30N6O4S. The maximum absolute atomic E-state index is 13.2. The van der Waals surface area contributed by atoms with E-state index in [2.05, 4.69) is 38.7 Å². The fraction of sp³-hybridized carbons (Fsp3) is 0.417. The fourth-order valence-corrected chi connectivity index (χ4v) is 5.21. The highest BCUT2D eigenvalue weighted by Crippen LogP contribution is 2.30. The summed E-state index contributed by atoms with van der Waals surface area (Å²) in [6, 6.07) is 8.22. The molecule has 2 N–H and O–H groups in total. The zero-order valence-corrected chi connectivity index (χ0v) is 21.0. The molecule has 0 aromatic carbocycles. The molecule has 0 radical (unpaired) electrons. The fourth-order valence-electron chi connectivity index (χ4n) is 4.33. The summed E-state index contributed by atoms with van der Waals surface area (Å²) in [4.78, 5) is 24.4. The number of ether oxygens (including phenoxy) is 1. The Hall–Kier alpha value is -3.47. The molecule has 0 bridgehead atoms. The molecular weight excluding hydrogens is 468 g/mol. The largest absolute Gasteiger partial charge is 0.475 e. The Bertz CT molecular complexity index is 1270. The summed E-state index contributed by atoms with van der Waals surface area (Å²) in [5.74, 6) is 1.02. The minimum absolute atomic E-state index is 0.0111. The van der Waals surface area contributed by atoms with Crippen LogP contribution in [0.3, 0.4) is 0 Å². The topological polar surface area (TPSA) is 130 Å². The number of hydrogen-bond acceptors (Lipinski definition) is 8. The Morgan fingerprint density at radius 1 is 1.14 bits per heavy atom. The molecule has 0 spiro atoms. The van der Waals surface area contributed by atoms with Gasteiger partial charge >= 0.3 is 0 Å². The third kappa shape index (κ3) is 5.79. The second-order valence-corrected chi connectivity index (χ2v) is 11.0. The first-order valence-electron chi connectivity index (χ1n) is 11.6. The van der Waals surface area contributed by atoms with E-state index in [4.69, 9.17) is 9.72 Å². The summed E-state index contributed by atoms with van der Waals surface area (Å²) in [5, 5.41) is 5.84. The van der Waals surface area contributed by atoms with Gasteiger partial charge in [0.05, 0.1) is 23.6 Å². The van der Waals surface area contributed by atoms with E-state index in [1.165, 1.54) is 12.3 Å². The number of hydrogen-bond donors (Lipinski definition) is 2. The first-order valence-corrected chi connectivity index (χ1v) is 13.1. The molecule has 4 rings (SSSR count). The molecule has 35 heavy (non-hydrogen) atoms. The van der Waals surface area contributed by atoms with Crippen LogP contribution in [0.25, 0.3) is 11.3 Å². The van der Waals surface area contributed by atoms with Crippen molar-refractivity contribution in [3.8, 4) is 17.1 Å². The smallest absolute Gasteiger partial charge is 0.281 e. The number of aromatic nitrogens is 4. The van der Waals surface area contributed by atoms with Gasteiger partial charge in [0.1, 0.15) is 5.82 Å². The Morgan fingerprint density at radius 2 is 1.89 bits per heavy atom. The van der Waals surface area contributed by atoms with E-state index in [0.717, 1.165) is 12.0 Å². The molecule has 186 valence electrons. The van der Waals surface area contributed by atoms with Gasteiger partial charge in [-0.05, 0) is 56.4 Å². The lowest BCUT2D eigenvalue weighted by Crippen LogP contribution is -2.41. The van der Waals surface area contributed by atoms with E-state index in [-0.39, 0.29) is 16.7 Å². The number of anilines is 1. The molecule has 2 atom stereocenters. The van der Waals surface area contributed by atoms with Crippen molar-refractivity contribution < 1.29 is 17.9 Å². The summed E-state index contributed by atoms with van der Waals surface area (Å²) in [7, 11) is -4.10. The van der Waals surface area contributed by atoms with E-state index in [1.54, 1.807) is 24.4 Å². The lowest BCUT2D eigenvalue weighted by molar-refractivity contribution is 0.0981. The number of nitrogens with one attached hydrogen (secondary N) is 2. The van der Waals surface area contributed by atoms with Gasteiger partial charge in [-0.3, -0.25) is 9.89 Å². The number of carbonyl (C=O) groups excluding carboxylic acids is 1. The van der Waals surface area contributed by atoms with Crippen LogP contribution in [-0.4, -0.2) is 53.7 Å². The molecule has 3 aromatic heterocycles. The normalized spacial score (nSPS) is 18.5. The predicted octanol–water partition coefficient (Wildman–Crippen LogP) is 3.25. The van der Waals surface area contributed by atoms with Crippen molar-refractivity contribution >= 4 is 21.7 Å². The average molecular weight is 499 g/mol. The van der Waals surface area contributed by atoms with Crippen LogP contribution in [0.4, 0.5) is 5.82 Å². The van der Waals surface area contributed by atoms with Crippen LogP contribution in [0.2, 0.25) is 0 Å². The second-order valence-electron chi connectivity index (χ2n) is 9.33. The van der Waals surface area contributed by atoms with Crippen molar-refractivity contribution in [2.75, 3.05) is 18.0 Å². The molecule has 0 unspecified atom stereocenters. The molecule has 11 heteroatoms. The third-order valence-corrected chi connectivity index (χ3v) is 6.93. The van der Waals surface area contributed by atoms with Crippen LogP contribution in [0, 0.1) is 11.8 Å². The van der Waals surface area contributed by atoms with Gasteiger partial charge in [-0.2, -0.15) is 13.5 Å². The summed E-state index contributed by atoms with van der Waals surface area (Å²) < 4.78 is 33.0. The van der Waals surface area contributed by atoms with E-state index < -0.39 is 15.9 Å². The van der Waals surface area contributed by atoms with Crippen LogP contribution in [0.1, 0.15) is 44.5 Å². The van der Waals surface area contributed by atoms with E-state index >= 15 is 0 Å². The van der Waals surface area contributed by atoms with Gasteiger partial charge in [0.25, 0.3) is 15.9 Å². The van der Waals surface area contributed by atoms with E-state index in [9.17, 15) is 13.2 Å². The maximum Gasteiger partial charge on any atom is 0.281 e. The molecule has 1 aliphatic rings. The quantitative estimate of drug-likeness (QED) is 0.508. The number of aromatic amines is 1. The first kappa shape index (κ1) is 24.6. The van der Waals surface area contributed by atoms with Crippen molar-refractivity contribution in [1.29, 1.82) is 0 Å². The molecule has 1 aliphatic heterocycles. The van der Waals surface area contributed by atoms with Crippen molar-refractivity contribution in [2.24, 2.45) is 11.8 Å². The van der Waals surface area contributed by atoms with E-state index in [1.807, 2.05) is 19.9 Å². The number of carbonyl (C=O) groups is 1. The highest BCUT2D eigenvalue weighted by Gasteiger charge is 2.29. The number of sulfonamides is 1. The zero-order valence-electron chi connectivity index (χ0n) is 20.2. The van der Waals surface area contributed by atoms with Crippen LogP contribution < -0.4 is 14.4 Å². The van der Waals surface area contributed by atoms with Gasteiger partial charge in [-0.15, -0.1) is 0 Å². The summed E-state index contributed by atoms with van der Waals surface area (Å²) in [6.07, 6.45) is 4.07. The van der Waals surface area contributed by atoms with Gasteiger partial charge in [0, 0.05) is 30.9 Å². The van der Waals surface area contributed by atoms with Crippen molar-refractivity contribution in [3.63, 3.8) is 0 Å². The highest BCUT2D eigenvalue weighted by molar-refractivity contribution is 7.90. The van der Waals surface area contributed by atoms with Crippen LogP contribution >= 0.6 is 0 Å². The molecule has 1 amide bonds. The second kappa shape index (κ2) is 10.0. The maximum atomic E-state index is 13.2. The van der Waals surface area contributed by atoms with Crippen LogP contribution in [0.5, 0.6) is 5.88 Å². The molecule has 0 saturated carbocycles. The summed E-state index contributed by atoms with van der Waals surface area (Å²) in [6.45, 7) is 9.61. The SMILES string of the molecule is CC(C)Oc1ccc(-c2ccc(C(=O)NS(=O)(=O)c3ccn[nH]3)c(N3C[C@H](C)C[C@H](C)C3)n2)cn1. The zero-order chi connectivity index (χ0) is 25.2.